The lowest BCUT2D eigenvalue weighted by Crippen LogP contribution is -2.46. The number of hydrogen-bond acceptors (Lipinski definition) is 4. The van der Waals surface area contributed by atoms with Gasteiger partial charge in [0.15, 0.2) is 0 Å². The van der Waals surface area contributed by atoms with E-state index >= 15 is 0 Å². The fourth-order valence-corrected chi connectivity index (χ4v) is 3.64. The molecule has 0 unspecified atom stereocenters. The third-order valence-corrected chi connectivity index (χ3v) is 5.55. The van der Waals surface area contributed by atoms with Gasteiger partial charge in [-0.15, -0.1) is 12.4 Å². The molecule has 0 radical (unpaired) electrons. The molecule has 3 N–H and O–H groups in total. The van der Waals surface area contributed by atoms with E-state index in [0.29, 0.717) is 22.0 Å². The highest BCUT2D eigenvalue weighted by atomic mass is 35.5. The predicted molar refractivity (Wildman–Crippen MR) is 104 cm³/mol. The standard InChI is InChI=1S/C18H26ClN3O2.ClH/c1-24-17-10-16(20)15(19)9-14(17)18(23)21-13-5-7-22(8-6-13)11-12-3-2-4-12;/h9-10,12-13H,2-8,11,20H2,1H3,(H,21,23);1H. The van der Waals surface area contributed by atoms with Gasteiger partial charge in [-0.25, -0.2) is 0 Å². The summed E-state index contributed by atoms with van der Waals surface area (Å²) in [5.74, 6) is 1.21. The van der Waals surface area contributed by atoms with E-state index in [2.05, 4.69) is 10.2 Å². The Balaban J connectivity index is 0.00000225. The Morgan fingerprint density at radius 1 is 1.32 bits per heavy atom. The van der Waals surface area contributed by atoms with Crippen molar-refractivity contribution in [2.45, 2.75) is 38.1 Å². The van der Waals surface area contributed by atoms with Gasteiger partial charge in [0.2, 0.25) is 0 Å². The number of carbonyl (C=O) groups excluding carboxylic acids is 1. The summed E-state index contributed by atoms with van der Waals surface area (Å²) in [6.45, 7) is 3.34. The number of hydrogen-bond donors (Lipinski definition) is 2. The second-order valence-electron chi connectivity index (χ2n) is 6.92. The second kappa shape index (κ2) is 8.97. The van der Waals surface area contributed by atoms with Gasteiger partial charge in [0, 0.05) is 31.7 Å². The fraction of sp³-hybridized carbons (Fsp3) is 0.611. The zero-order valence-corrected chi connectivity index (χ0v) is 16.2. The number of carbonyl (C=O) groups is 1. The maximum Gasteiger partial charge on any atom is 0.255 e. The molecule has 0 aromatic heterocycles. The lowest BCUT2D eigenvalue weighted by molar-refractivity contribution is 0.0892. The van der Waals surface area contributed by atoms with Crippen LogP contribution in [0.5, 0.6) is 5.75 Å². The maximum absolute atomic E-state index is 12.6. The van der Waals surface area contributed by atoms with Crippen LogP contribution < -0.4 is 15.8 Å². The van der Waals surface area contributed by atoms with E-state index in [1.54, 1.807) is 12.1 Å². The van der Waals surface area contributed by atoms with Gasteiger partial charge in [-0.2, -0.15) is 0 Å². The van der Waals surface area contributed by atoms with Crippen LogP contribution in [0.1, 0.15) is 42.5 Å². The van der Waals surface area contributed by atoms with Gasteiger partial charge in [0.05, 0.1) is 23.4 Å². The van der Waals surface area contributed by atoms with E-state index in [-0.39, 0.29) is 24.4 Å². The molecule has 2 aliphatic rings. The largest absolute Gasteiger partial charge is 0.496 e. The van der Waals surface area contributed by atoms with Gasteiger partial charge in [-0.1, -0.05) is 18.0 Å². The quantitative estimate of drug-likeness (QED) is 0.760. The van der Waals surface area contributed by atoms with Crippen LogP contribution in [-0.2, 0) is 0 Å². The molecule has 7 heteroatoms. The molecular weight excluding hydrogens is 361 g/mol. The molecule has 1 aromatic carbocycles. The highest BCUT2D eigenvalue weighted by molar-refractivity contribution is 6.33. The fourth-order valence-electron chi connectivity index (χ4n) is 3.48. The average Bonchev–Trinajstić information content (AvgIpc) is 2.54. The first-order chi connectivity index (χ1) is 11.6. The Labute approximate surface area is 160 Å². The third kappa shape index (κ3) is 4.93. The molecule has 0 atom stereocenters. The van der Waals surface area contributed by atoms with Crippen molar-refractivity contribution in [3.63, 3.8) is 0 Å². The van der Waals surface area contributed by atoms with Crippen molar-refractivity contribution in [3.8, 4) is 5.75 Å². The lowest BCUT2D eigenvalue weighted by atomic mass is 9.84. The van der Waals surface area contributed by atoms with Gasteiger partial charge >= 0.3 is 0 Å². The monoisotopic (exact) mass is 387 g/mol. The van der Waals surface area contributed by atoms with Crippen LogP contribution in [0.4, 0.5) is 5.69 Å². The molecule has 1 heterocycles. The van der Waals surface area contributed by atoms with Crippen LogP contribution in [0.2, 0.25) is 5.02 Å². The summed E-state index contributed by atoms with van der Waals surface area (Å²) < 4.78 is 5.26. The Morgan fingerprint density at radius 3 is 2.56 bits per heavy atom. The molecule has 0 spiro atoms. The number of piperidine rings is 1. The summed E-state index contributed by atoms with van der Waals surface area (Å²) in [5.41, 5.74) is 6.62. The van der Waals surface area contributed by atoms with Crippen LogP contribution >= 0.6 is 24.0 Å². The van der Waals surface area contributed by atoms with E-state index in [4.69, 9.17) is 22.1 Å². The van der Waals surface area contributed by atoms with Gasteiger partial charge in [0.1, 0.15) is 5.75 Å². The Kier molecular flexibility index (Phi) is 7.23. The topological polar surface area (TPSA) is 67.6 Å². The molecule has 1 saturated heterocycles. The second-order valence-corrected chi connectivity index (χ2v) is 7.33. The molecule has 1 amide bonds. The summed E-state index contributed by atoms with van der Waals surface area (Å²) in [5, 5.41) is 3.48. The number of amides is 1. The first kappa shape index (κ1) is 20.1. The Hall–Kier alpha value is -1.17. The van der Waals surface area contributed by atoms with Gasteiger partial charge < -0.3 is 20.7 Å². The number of halogens is 2. The normalized spacial score (nSPS) is 19.0. The predicted octanol–water partition coefficient (Wildman–Crippen LogP) is 3.35. The number of rotatable bonds is 5. The minimum Gasteiger partial charge on any atom is -0.496 e. The molecule has 1 aromatic rings. The van der Waals surface area contributed by atoms with Crippen LogP contribution in [0.3, 0.4) is 0 Å². The highest BCUT2D eigenvalue weighted by Crippen LogP contribution is 2.30. The van der Waals surface area contributed by atoms with E-state index in [1.807, 2.05) is 0 Å². The SMILES string of the molecule is COc1cc(N)c(Cl)cc1C(=O)NC1CCN(CC2CCC2)CC1.Cl. The number of nitrogens with two attached hydrogens (primary N) is 1. The summed E-state index contributed by atoms with van der Waals surface area (Å²) in [4.78, 5) is 15.1. The molecule has 0 bridgehead atoms. The molecular formula is C18H27Cl2N3O2. The summed E-state index contributed by atoms with van der Waals surface area (Å²) in [7, 11) is 1.53. The number of benzene rings is 1. The molecule has 5 nitrogen and oxygen atoms in total. The molecule has 2 fully saturated rings. The van der Waals surface area contributed by atoms with E-state index < -0.39 is 0 Å². The maximum atomic E-state index is 12.6. The Bertz CT molecular complexity index is 600. The van der Waals surface area contributed by atoms with Gasteiger partial charge in [0.25, 0.3) is 5.91 Å². The Morgan fingerprint density at radius 2 is 2.00 bits per heavy atom. The van der Waals surface area contributed by atoms with E-state index in [0.717, 1.165) is 31.8 Å². The number of ether oxygens (including phenoxy) is 1. The molecule has 1 saturated carbocycles. The van der Waals surface area contributed by atoms with Crippen molar-refractivity contribution in [2.24, 2.45) is 5.92 Å². The van der Waals surface area contributed by atoms with Crippen LogP contribution in [0.25, 0.3) is 0 Å². The van der Waals surface area contributed by atoms with Crippen molar-refractivity contribution in [2.75, 3.05) is 32.5 Å². The number of nitrogen functional groups attached to an aromatic ring is 1. The van der Waals surface area contributed by atoms with Gasteiger partial charge in [-0.3, -0.25) is 4.79 Å². The lowest BCUT2D eigenvalue weighted by Gasteiger charge is -2.37. The first-order valence-corrected chi connectivity index (χ1v) is 9.11. The smallest absolute Gasteiger partial charge is 0.255 e. The van der Waals surface area contributed by atoms with Crippen molar-refractivity contribution in [1.29, 1.82) is 0 Å². The van der Waals surface area contributed by atoms with Crippen molar-refractivity contribution in [3.05, 3.63) is 22.7 Å². The van der Waals surface area contributed by atoms with E-state index in [9.17, 15) is 4.79 Å². The first-order valence-electron chi connectivity index (χ1n) is 8.73. The number of methoxy groups -OCH3 is 1. The highest BCUT2D eigenvalue weighted by Gasteiger charge is 2.26. The summed E-state index contributed by atoms with van der Waals surface area (Å²) >= 11 is 6.05. The average molecular weight is 388 g/mol. The number of anilines is 1. The van der Waals surface area contributed by atoms with Crippen molar-refractivity contribution < 1.29 is 9.53 Å². The van der Waals surface area contributed by atoms with Gasteiger partial charge in [-0.05, 0) is 37.7 Å². The number of likely N-dealkylation sites (tertiary alicyclic amines) is 1. The zero-order chi connectivity index (χ0) is 17.1. The van der Waals surface area contributed by atoms with Crippen LogP contribution in [0, 0.1) is 5.92 Å². The van der Waals surface area contributed by atoms with Crippen molar-refractivity contribution >= 4 is 35.6 Å². The van der Waals surface area contributed by atoms with Crippen molar-refractivity contribution in [1.82, 2.24) is 10.2 Å². The molecule has 140 valence electrons. The summed E-state index contributed by atoms with van der Waals surface area (Å²) in [6.07, 6.45) is 6.14. The van der Waals surface area contributed by atoms with E-state index in [1.165, 1.54) is 32.9 Å². The molecule has 3 rings (SSSR count). The number of nitrogens with one attached hydrogen (secondary N) is 1. The minimum absolute atomic E-state index is 0. The van der Waals surface area contributed by atoms with Crippen LogP contribution in [0.15, 0.2) is 12.1 Å². The molecule has 1 aliphatic carbocycles. The summed E-state index contributed by atoms with van der Waals surface area (Å²) in [6, 6.07) is 3.38. The van der Waals surface area contributed by atoms with Crippen LogP contribution in [-0.4, -0.2) is 43.6 Å². The molecule has 1 aliphatic heterocycles. The minimum atomic E-state index is -0.147. The third-order valence-electron chi connectivity index (χ3n) is 5.23. The number of nitrogens with zero attached hydrogens (tertiary/aromatic N) is 1. The molecule has 25 heavy (non-hydrogen) atoms. The zero-order valence-electron chi connectivity index (χ0n) is 14.6.